The minimum absolute atomic E-state index is 0.881. The first kappa shape index (κ1) is 13.5. The van der Waals surface area contributed by atoms with Gasteiger partial charge in [-0.05, 0) is 30.5 Å². The van der Waals surface area contributed by atoms with Crippen molar-refractivity contribution >= 4 is 16.9 Å². The van der Waals surface area contributed by atoms with Gasteiger partial charge < -0.3 is 15.2 Å². The van der Waals surface area contributed by atoms with Crippen molar-refractivity contribution in [1.82, 2.24) is 15.2 Å². The van der Waals surface area contributed by atoms with Gasteiger partial charge in [-0.2, -0.15) is 0 Å². The summed E-state index contributed by atoms with van der Waals surface area (Å²) in [6.07, 6.45) is 3.08. The smallest absolute Gasteiger partial charge is 0.193 e. The molecule has 4 heteroatoms. The van der Waals surface area contributed by atoms with E-state index in [1.54, 1.807) is 7.05 Å². The monoisotopic (exact) mass is 258 g/mol. The molecule has 2 rings (SSSR count). The van der Waals surface area contributed by atoms with Crippen molar-refractivity contribution in [2.24, 2.45) is 4.99 Å². The highest BCUT2D eigenvalue weighted by atomic mass is 15.3. The number of aromatic nitrogens is 1. The van der Waals surface area contributed by atoms with E-state index in [-0.39, 0.29) is 0 Å². The summed E-state index contributed by atoms with van der Waals surface area (Å²) < 4.78 is 0. The average Bonchev–Trinajstić information content (AvgIpc) is 2.76. The summed E-state index contributed by atoms with van der Waals surface area (Å²) in [6, 6.07) is 6.54. The Bertz CT molecular complexity index is 581. The van der Waals surface area contributed by atoms with Gasteiger partial charge in [0, 0.05) is 44.8 Å². The van der Waals surface area contributed by atoms with Crippen LogP contribution in [0, 0.1) is 6.92 Å². The molecule has 1 heterocycles. The lowest BCUT2D eigenvalue weighted by Gasteiger charge is -2.16. The molecule has 1 aromatic heterocycles. The Labute approximate surface area is 114 Å². The zero-order valence-corrected chi connectivity index (χ0v) is 12.1. The molecule has 0 saturated carbocycles. The lowest BCUT2D eigenvalue weighted by molar-refractivity contribution is 0.583. The highest BCUT2D eigenvalue weighted by Gasteiger charge is 2.04. The van der Waals surface area contributed by atoms with Gasteiger partial charge in [-0.3, -0.25) is 4.99 Å². The van der Waals surface area contributed by atoms with Crippen molar-refractivity contribution in [3.8, 4) is 0 Å². The third-order valence-corrected chi connectivity index (χ3v) is 3.24. The Kier molecular flexibility index (Phi) is 4.10. The molecule has 0 aliphatic heterocycles. The van der Waals surface area contributed by atoms with Crippen LogP contribution in [0.2, 0.25) is 0 Å². The van der Waals surface area contributed by atoms with E-state index in [0.717, 1.165) is 18.9 Å². The van der Waals surface area contributed by atoms with Gasteiger partial charge in [0.25, 0.3) is 0 Å². The molecule has 4 nitrogen and oxygen atoms in total. The Balaban J connectivity index is 2.02. The number of rotatable bonds is 3. The van der Waals surface area contributed by atoms with Crippen molar-refractivity contribution in [2.75, 3.05) is 27.7 Å². The van der Waals surface area contributed by atoms with E-state index in [0.29, 0.717) is 0 Å². The van der Waals surface area contributed by atoms with Crippen LogP contribution in [-0.4, -0.2) is 43.5 Å². The topological polar surface area (TPSA) is 43.4 Å². The largest absolute Gasteiger partial charge is 0.361 e. The van der Waals surface area contributed by atoms with Gasteiger partial charge in [0.15, 0.2) is 5.96 Å². The fourth-order valence-electron chi connectivity index (χ4n) is 2.25. The van der Waals surface area contributed by atoms with Gasteiger partial charge in [0.1, 0.15) is 0 Å². The zero-order chi connectivity index (χ0) is 13.8. The van der Waals surface area contributed by atoms with E-state index in [1.807, 2.05) is 19.0 Å². The first-order chi connectivity index (χ1) is 9.11. The van der Waals surface area contributed by atoms with Crippen LogP contribution in [0.4, 0.5) is 0 Å². The van der Waals surface area contributed by atoms with Crippen molar-refractivity contribution in [3.63, 3.8) is 0 Å². The number of fused-ring (bicyclic) bond motifs is 1. The van der Waals surface area contributed by atoms with Crippen LogP contribution in [0.1, 0.15) is 11.1 Å². The molecule has 2 aromatic rings. The van der Waals surface area contributed by atoms with Crippen LogP contribution >= 0.6 is 0 Å². The predicted octanol–water partition coefficient (Wildman–Crippen LogP) is 2.16. The molecule has 0 unspecified atom stereocenters. The molecule has 1 aromatic carbocycles. The Morgan fingerprint density at radius 1 is 1.37 bits per heavy atom. The van der Waals surface area contributed by atoms with Crippen molar-refractivity contribution in [2.45, 2.75) is 13.3 Å². The molecule has 102 valence electrons. The number of benzene rings is 1. The average molecular weight is 258 g/mol. The Morgan fingerprint density at radius 3 is 2.84 bits per heavy atom. The molecule has 0 bridgehead atoms. The number of aliphatic imine (C=N–C) groups is 1. The van der Waals surface area contributed by atoms with Gasteiger partial charge in [0.05, 0.1) is 0 Å². The summed E-state index contributed by atoms with van der Waals surface area (Å²) in [5, 5.41) is 4.66. The molecule has 0 aliphatic carbocycles. The molecular formula is C15H22N4. The van der Waals surface area contributed by atoms with Crippen molar-refractivity contribution < 1.29 is 0 Å². The van der Waals surface area contributed by atoms with Gasteiger partial charge in [-0.25, -0.2) is 0 Å². The van der Waals surface area contributed by atoms with Gasteiger partial charge in [-0.1, -0.05) is 12.1 Å². The van der Waals surface area contributed by atoms with Gasteiger partial charge in [0.2, 0.25) is 0 Å². The van der Waals surface area contributed by atoms with Crippen molar-refractivity contribution in [3.05, 3.63) is 35.5 Å². The number of H-pyrrole nitrogens is 1. The highest BCUT2D eigenvalue weighted by Crippen LogP contribution is 2.19. The third-order valence-electron chi connectivity index (χ3n) is 3.24. The fraction of sp³-hybridized carbons (Fsp3) is 0.400. The second-order valence-electron chi connectivity index (χ2n) is 4.98. The Hall–Kier alpha value is -1.97. The van der Waals surface area contributed by atoms with E-state index in [9.17, 15) is 0 Å². The lowest BCUT2D eigenvalue weighted by atomic mass is 10.1. The van der Waals surface area contributed by atoms with Crippen LogP contribution in [0.5, 0.6) is 0 Å². The molecule has 0 saturated heterocycles. The van der Waals surface area contributed by atoms with E-state index < -0.39 is 0 Å². The van der Waals surface area contributed by atoms with Crippen molar-refractivity contribution in [1.29, 1.82) is 0 Å². The van der Waals surface area contributed by atoms with Gasteiger partial charge >= 0.3 is 0 Å². The van der Waals surface area contributed by atoms with E-state index in [4.69, 9.17) is 0 Å². The second kappa shape index (κ2) is 5.78. The quantitative estimate of drug-likeness (QED) is 0.654. The number of hydrogen-bond donors (Lipinski definition) is 2. The number of hydrogen-bond acceptors (Lipinski definition) is 1. The van der Waals surface area contributed by atoms with Crippen LogP contribution in [-0.2, 0) is 6.42 Å². The SMILES string of the molecule is CN=C(NCCc1c[nH]c2cc(C)ccc12)N(C)C. The lowest BCUT2D eigenvalue weighted by Crippen LogP contribution is -2.37. The summed E-state index contributed by atoms with van der Waals surface area (Å²) in [6.45, 7) is 2.99. The maximum atomic E-state index is 4.20. The highest BCUT2D eigenvalue weighted by molar-refractivity contribution is 5.84. The molecule has 0 aliphatic rings. The minimum Gasteiger partial charge on any atom is -0.361 e. The number of aromatic amines is 1. The first-order valence-electron chi connectivity index (χ1n) is 6.56. The second-order valence-corrected chi connectivity index (χ2v) is 4.98. The normalized spacial score (nSPS) is 11.9. The number of guanidine groups is 1. The van der Waals surface area contributed by atoms with Crippen LogP contribution in [0.15, 0.2) is 29.4 Å². The fourth-order valence-corrected chi connectivity index (χ4v) is 2.25. The maximum absolute atomic E-state index is 4.20. The first-order valence-corrected chi connectivity index (χ1v) is 6.56. The molecule has 0 amide bonds. The zero-order valence-electron chi connectivity index (χ0n) is 12.1. The standard InChI is InChI=1S/C15H22N4/c1-11-5-6-13-12(10-18-14(13)9-11)7-8-17-15(16-2)19(3)4/h5-6,9-10,18H,7-8H2,1-4H3,(H,16,17). The number of aryl methyl sites for hydroxylation is 1. The molecule has 0 fully saturated rings. The van der Waals surface area contributed by atoms with Crippen LogP contribution in [0.25, 0.3) is 10.9 Å². The number of nitrogens with one attached hydrogen (secondary N) is 2. The van der Waals surface area contributed by atoms with E-state index in [1.165, 1.54) is 22.0 Å². The summed E-state index contributed by atoms with van der Waals surface area (Å²) in [5.41, 5.74) is 3.84. The predicted molar refractivity (Wildman–Crippen MR) is 81.8 cm³/mol. The van der Waals surface area contributed by atoms with Crippen LogP contribution < -0.4 is 5.32 Å². The maximum Gasteiger partial charge on any atom is 0.193 e. The molecule has 0 radical (unpaired) electrons. The molecule has 0 spiro atoms. The van der Waals surface area contributed by atoms with E-state index >= 15 is 0 Å². The Morgan fingerprint density at radius 2 is 2.16 bits per heavy atom. The minimum atomic E-state index is 0.881. The molecule has 19 heavy (non-hydrogen) atoms. The summed E-state index contributed by atoms with van der Waals surface area (Å²) in [7, 11) is 5.78. The summed E-state index contributed by atoms with van der Waals surface area (Å²) >= 11 is 0. The van der Waals surface area contributed by atoms with Crippen LogP contribution in [0.3, 0.4) is 0 Å². The van der Waals surface area contributed by atoms with E-state index in [2.05, 4.69) is 46.6 Å². The summed E-state index contributed by atoms with van der Waals surface area (Å²) in [4.78, 5) is 9.52. The molecule has 2 N–H and O–H groups in total. The third kappa shape index (κ3) is 3.08. The molecule has 0 atom stereocenters. The van der Waals surface area contributed by atoms with Gasteiger partial charge in [-0.15, -0.1) is 0 Å². The summed E-state index contributed by atoms with van der Waals surface area (Å²) in [5.74, 6) is 0.913. The number of nitrogens with zero attached hydrogens (tertiary/aromatic N) is 2. The molecular weight excluding hydrogens is 236 g/mol.